The molecule has 0 bridgehead atoms. The Morgan fingerprint density at radius 1 is 1.06 bits per heavy atom. The zero-order chi connectivity index (χ0) is 13.1. The molecule has 0 aliphatic carbocycles. The first kappa shape index (κ1) is 13.0. The van der Waals surface area contributed by atoms with E-state index in [0.29, 0.717) is 5.56 Å². The molecule has 0 amide bonds. The van der Waals surface area contributed by atoms with Crippen LogP contribution in [-0.4, -0.2) is 0 Å². The fourth-order valence-corrected chi connectivity index (χ4v) is 2.04. The molecule has 0 unspecified atom stereocenters. The first-order valence-electron chi connectivity index (χ1n) is 5.39. The summed E-state index contributed by atoms with van der Waals surface area (Å²) in [6, 6.07) is 9.38. The van der Waals surface area contributed by atoms with Gasteiger partial charge in [0.1, 0.15) is 12.4 Å². The zero-order valence-corrected chi connectivity index (χ0v) is 11.3. The molecule has 2 aromatic carbocycles. The number of rotatable bonds is 3. The molecule has 0 aromatic heterocycles. The van der Waals surface area contributed by atoms with Crippen LogP contribution in [0.1, 0.15) is 11.1 Å². The highest BCUT2D eigenvalue weighted by atomic mass is 79.9. The van der Waals surface area contributed by atoms with Crippen LogP contribution >= 0.6 is 15.9 Å². The molecule has 18 heavy (non-hydrogen) atoms. The van der Waals surface area contributed by atoms with Gasteiger partial charge in [-0.25, -0.2) is 8.78 Å². The second kappa shape index (κ2) is 5.48. The Kier molecular flexibility index (Phi) is 3.97. The zero-order valence-electron chi connectivity index (χ0n) is 9.71. The average molecular weight is 313 g/mol. The molecule has 0 aliphatic heterocycles. The molecular formula is C14H11BrF2O. The van der Waals surface area contributed by atoms with Gasteiger partial charge in [-0.2, -0.15) is 0 Å². The Morgan fingerprint density at radius 2 is 1.83 bits per heavy atom. The van der Waals surface area contributed by atoms with Crippen molar-refractivity contribution in [1.82, 2.24) is 0 Å². The second-order valence-corrected chi connectivity index (χ2v) is 4.86. The first-order valence-corrected chi connectivity index (χ1v) is 6.18. The highest BCUT2D eigenvalue weighted by Gasteiger charge is 2.04. The standard InChI is InChI=1S/C14H11BrF2O/c1-9-6-11(15)3-5-14(9)18-8-10-2-4-12(16)13(17)7-10/h2-7H,8H2,1H3. The predicted molar refractivity (Wildman–Crippen MR) is 69.6 cm³/mol. The maximum Gasteiger partial charge on any atom is 0.159 e. The summed E-state index contributed by atoms with van der Waals surface area (Å²) in [5, 5.41) is 0. The van der Waals surface area contributed by atoms with Gasteiger partial charge in [-0.3, -0.25) is 0 Å². The lowest BCUT2D eigenvalue weighted by atomic mass is 10.2. The smallest absolute Gasteiger partial charge is 0.159 e. The molecule has 2 aromatic rings. The molecule has 0 fully saturated rings. The molecule has 1 nitrogen and oxygen atoms in total. The van der Waals surface area contributed by atoms with E-state index in [4.69, 9.17) is 4.74 Å². The van der Waals surface area contributed by atoms with E-state index in [1.54, 1.807) is 0 Å². The largest absolute Gasteiger partial charge is 0.489 e. The molecule has 4 heteroatoms. The number of ether oxygens (including phenoxy) is 1. The van der Waals surface area contributed by atoms with Gasteiger partial charge in [0.25, 0.3) is 0 Å². The van der Waals surface area contributed by atoms with Crippen molar-refractivity contribution in [3.05, 3.63) is 63.6 Å². The third kappa shape index (κ3) is 3.07. The van der Waals surface area contributed by atoms with Crippen LogP contribution in [0.3, 0.4) is 0 Å². The number of benzene rings is 2. The predicted octanol–water partition coefficient (Wildman–Crippen LogP) is 4.61. The van der Waals surface area contributed by atoms with Gasteiger partial charge < -0.3 is 4.74 Å². The summed E-state index contributed by atoms with van der Waals surface area (Å²) in [5.41, 5.74) is 1.57. The molecule has 94 valence electrons. The van der Waals surface area contributed by atoms with Crippen LogP contribution in [0.2, 0.25) is 0 Å². The summed E-state index contributed by atoms with van der Waals surface area (Å²) >= 11 is 3.36. The van der Waals surface area contributed by atoms with Crippen molar-refractivity contribution in [3.8, 4) is 5.75 Å². The Balaban J connectivity index is 2.09. The minimum atomic E-state index is -0.858. The number of aryl methyl sites for hydroxylation is 1. The monoisotopic (exact) mass is 312 g/mol. The van der Waals surface area contributed by atoms with E-state index in [-0.39, 0.29) is 6.61 Å². The Morgan fingerprint density at radius 3 is 2.50 bits per heavy atom. The van der Waals surface area contributed by atoms with Crippen LogP contribution in [0.5, 0.6) is 5.75 Å². The highest BCUT2D eigenvalue weighted by molar-refractivity contribution is 9.10. The first-order chi connectivity index (χ1) is 8.56. The van der Waals surface area contributed by atoms with Crippen LogP contribution in [0, 0.1) is 18.6 Å². The maximum absolute atomic E-state index is 13.0. The fourth-order valence-electron chi connectivity index (χ4n) is 1.57. The van der Waals surface area contributed by atoms with Crippen molar-refractivity contribution < 1.29 is 13.5 Å². The van der Waals surface area contributed by atoms with Crippen LogP contribution in [0.25, 0.3) is 0 Å². The van der Waals surface area contributed by atoms with Crippen molar-refractivity contribution in [2.75, 3.05) is 0 Å². The minimum Gasteiger partial charge on any atom is -0.489 e. The van der Waals surface area contributed by atoms with Gasteiger partial charge in [0.2, 0.25) is 0 Å². The van der Waals surface area contributed by atoms with Crippen molar-refractivity contribution in [1.29, 1.82) is 0 Å². The van der Waals surface area contributed by atoms with E-state index in [2.05, 4.69) is 15.9 Å². The number of halogens is 3. The van der Waals surface area contributed by atoms with Gasteiger partial charge >= 0.3 is 0 Å². The van der Waals surface area contributed by atoms with Crippen LogP contribution in [0.4, 0.5) is 8.78 Å². The van der Waals surface area contributed by atoms with Gasteiger partial charge in [0.05, 0.1) is 0 Å². The molecule has 0 atom stereocenters. The quantitative estimate of drug-likeness (QED) is 0.804. The molecular weight excluding hydrogens is 302 g/mol. The summed E-state index contributed by atoms with van der Waals surface area (Å²) in [6.45, 7) is 2.13. The van der Waals surface area contributed by atoms with Gasteiger partial charge in [0, 0.05) is 4.47 Å². The number of hydrogen-bond acceptors (Lipinski definition) is 1. The topological polar surface area (TPSA) is 9.23 Å². The van der Waals surface area contributed by atoms with Crippen molar-refractivity contribution in [3.63, 3.8) is 0 Å². The summed E-state index contributed by atoms with van der Waals surface area (Å²) in [7, 11) is 0. The molecule has 0 saturated carbocycles. The molecule has 2 rings (SSSR count). The minimum absolute atomic E-state index is 0.208. The summed E-state index contributed by atoms with van der Waals surface area (Å²) in [5.74, 6) is -0.981. The average Bonchev–Trinajstić information content (AvgIpc) is 2.32. The Hall–Kier alpha value is -1.42. The van der Waals surface area contributed by atoms with E-state index in [1.807, 2.05) is 25.1 Å². The van der Waals surface area contributed by atoms with Crippen LogP contribution in [-0.2, 0) is 6.61 Å². The SMILES string of the molecule is Cc1cc(Br)ccc1OCc1ccc(F)c(F)c1. The van der Waals surface area contributed by atoms with Gasteiger partial charge in [0.15, 0.2) is 11.6 Å². The molecule has 0 radical (unpaired) electrons. The van der Waals surface area contributed by atoms with E-state index < -0.39 is 11.6 Å². The van der Waals surface area contributed by atoms with E-state index in [0.717, 1.165) is 27.9 Å². The fraction of sp³-hybridized carbons (Fsp3) is 0.143. The Labute approximate surface area is 113 Å². The lowest BCUT2D eigenvalue weighted by molar-refractivity contribution is 0.303. The van der Waals surface area contributed by atoms with Crippen molar-refractivity contribution in [2.45, 2.75) is 13.5 Å². The Bertz CT molecular complexity index is 570. The number of hydrogen-bond donors (Lipinski definition) is 0. The molecule has 0 N–H and O–H groups in total. The lowest BCUT2D eigenvalue weighted by Gasteiger charge is -2.09. The third-order valence-corrected chi connectivity index (χ3v) is 3.01. The van der Waals surface area contributed by atoms with Gasteiger partial charge in [-0.1, -0.05) is 22.0 Å². The van der Waals surface area contributed by atoms with Gasteiger partial charge in [-0.15, -0.1) is 0 Å². The lowest BCUT2D eigenvalue weighted by Crippen LogP contribution is -1.98. The molecule has 0 aliphatic rings. The van der Waals surface area contributed by atoms with Crippen LogP contribution < -0.4 is 4.74 Å². The maximum atomic E-state index is 13.0. The van der Waals surface area contributed by atoms with Crippen molar-refractivity contribution in [2.24, 2.45) is 0 Å². The molecule has 0 saturated heterocycles. The third-order valence-electron chi connectivity index (χ3n) is 2.52. The summed E-state index contributed by atoms with van der Waals surface area (Å²) in [4.78, 5) is 0. The van der Waals surface area contributed by atoms with E-state index in [1.165, 1.54) is 6.07 Å². The second-order valence-electron chi connectivity index (χ2n) is 3.95. The molecule has 0 heterocycles. The van der Waals surface area contributed by atoms with E-state index >= 15 is 0 Å². The van der Waals surface area contributed by atoms with Crippen molar-refractivity contribution >= 4 is 15.9 Å². The highest BCUT2D eigenvalue weighted by Crippen LogP contribution is 2.23. The summed E-state index contributed by atoms with van der Waals surface area (Å²) < 4.78 is 32.3. The van der Waals surface area contributed by atoms with Gasteiger partial charge in [-0.05, 0) is 48.4 Å². The van der Waals surface area contributed by atoms with Crippen LogP contribution in [0.15, 0.2) is 40.9 Å². The summed E-state index contributed by atoms with van der Waals surface area (Å²) in [6.07, 6.45) is 0. The van der Waals surface area contributed by atoms with E-state index in [9.17, 15) is 8.78 Å². The normalized spacial score (nSPS) is 10.4. The molecule has 0 spiro atoms.